The van der Waals surface area contributed by atoms with Crippen molar-refractivity contribution < 1.29 is 19.1 Å². The van der Waals surface area contributed by atoms with Gasteiger partial charge >= 0.3 is 5.97 Å². The van der Waals surface area contributed by atoms with E-state index in [9.17, 15) is 14.4 Å². The minimum Gasteiger partial charge on any atom is -0.465 e. The average molecular weight is 389 g/mol. The molecule has 1 N–H and O–H groups in total. The minimum atomic E-state index is -0.537. The first-order chi connectivity index (χ1) is 12.8. The number of carbonyl (C=O) groups is 3. The molecule has 0 aliphatic carbocycles. The van der Waals surface area contributed by atoms with Crippen molar-refractivity contribution in [2.75, 3.05) is 19.0 Å². The van der Waals surface area contributed by atoms with Crippen LogP contribution in [0.4, 0.5) is 5.69 Å². The third-order valence-electron chi connectivity index (χ3n) is 4.13. The largest absolute Gasteiger partial charge is 0.465 e. The summed E-state index contributed by atoms with van der Waals surface area (Å²) in [5, 5.41) is 2.93. The Morgan fingerprint density at radius 1 is 1.15 bits per heavy atom. The van der Waals surface area contributed by atoms with E-state index in [0.29, 0.717) is 0 Å². The van der Waals surface area contributed by atoms with Crippen LogP contribution in [0.1, 0.15) is 35.8 Å². The molecule has 6 nitrogen and oxygen atoms in total. The number of amides is 2. The SMILES string of the molecule is COC(=O)c1ccc(Cl)c(NC(=O)CN(C(C)=O)C(C)c2ccccc2)c1. The molecular weight excluding hydrogens is 368 g/mol. The Kier molecular flexibility index (Phi) is 6.96. The van der Waals surface area contributed by atoms with Crippen LogP contribution in [0.3, 0.4) is 0 Å². The second kappa shape index (κ2) is 9.19. The maximum Gasteiger partial charge on any atom is 0.337 e. The molecule has 0 saturated carbocycles. The van der Waals surface area contributed by atoms with Crippen LogP contribution in [0, 0.1) is 0 Å². The summed E-state index contributed by atoms with van der Waals surface area (Å²) in [6.07, 6.45) is 0. The van der Waals surface area contributed by atoms with Gasteiger partial charge in [-0.15, -0.1) is 0 Å². The summed E-state index contributed by atoms with van der Waals surface area (Å²) in [5.74, 6) is -1.18. The van der Waals surface area contributed by atoms with Crippen LogP contribution in [-0.4, -0.2) is 36.3 Å². The molecule has 2 aromatic rings. The van der Waals surface area contributed by atoms with Gasteiger partial charge in [0.1, 0.15) is 6.54 Å². The molecule has 1 unspecified atom stereocenters. The summed E-state index contributed by atoms with van der Waals surface area (Å²) in [6, 6.07) is 13.6. The van der Waals surface area contributed by atoms with Gasteiger partial charge in [-0.3, -0.25) is 9.59 Å². The molecule has 27 heavy (non-hydrogen) atoms. The van der Waals surface area contributed by atoms with E-state index in [1.807, 2.05) is 37.3 Å². The highest BCUT2D eigenvalue weighted by Gasteiger charge is 2.22. The molecule has 0 aromatic heterocycles. The Balaban J connectivity index is 2.15. The summed E-state index contributed by atoms with van der Waals surface area (Å²) in [5.41, 5.74) is 1.46. The number of methoxy groups -OCH3 is 1. The van der Waals surface area contributed by atoms with Gasteiger partial charge in [-0.05, 0) is 30.7 Å². The normalized spacial score (nSPS) is 11.4. The van der Waals surface area contributed by atoms with E-state index in [1.54, 1.807) is 0 Å². The van der Waals surface area contributed by atoms with Crippen LogP contribution in [0.25, 0.3) is 0 Å². The fraction of sp³-hybridized carbons (Fsp3) is 0.250. The number of nitrogens with zero attached hydrogens (tertiary/aromatic N) is 1. The average Bonchev–Trinajstić information content (AvgIpc) is 2.67. The molecule has 0 heterocycles. The van der Waals surface area contributed by atoms with Crippen molar-refractivity contribution in [2.45, 2.75) is 19.9 Å². The van der Waals surface area contributed by atoms with Gasteiger partial charge in [0.15, 0.2) is 0 Å². The lowest BCUT2D eigenvalue weighted by molar-refractivity contribution is -0.134. The van der Waals surface area contributed by atoms with Crippen LogP contribution in [-0.2, 0) is 14.3 Å². The zero-order valence-corrected chi connectivity index (χ0v) is 16.1. The number of nitrogens with one attached hydrogen (secondary N) is 1. The van der Waals surface area contributed by atoms with Crippen molar-refractivity contribution >= 4 is 35.1 Å². The molecule has 0 saturated heterocycles. The maximum atomic E-state index is 12.5. The summed E-state index contributed by atoms with van der Waals surface area (Å²) < 4.78 is 4.66. The summed E-state index contributed by atoms with van der Waals surface area (Å²) in [7, 11) is 1.27. The third kappa shape index (κ3) is 5.31. The first kappa shape index (κ1) is 20.5. The first-order valence-electron chi connectivity index (χ1n) is 8.33. The lowest BCUT2D eigenvalue weighted by Crippen LogP contribution is -2.38. The fourth-order valence-electron chi connectivity index (χ4n) is 2.64. The highest BCUT2D eigenvalue weighted by molar-refractivity contribution is 6.33. The minimum absolute atomic E-state index is 0.149. The van der Waals surface area contributed by atoms with E-state index in [2.05, 4.69) is 10.1 Å². The number of rotatable bonds is 6. The number of benzene rings is 2. The number of ether oxygens (including phenoxy) is 1. The van der Waals surface area contributed by atoms with Crippen molar-refractivity contribution in [2.24, 2.45) is 0 Å². The fourth-order valence-corrected chi connectivity index (χ4v) is 2.81. The van der Waals surface area contributed by atoms with Crippen LogP contribution in [0.2, 0.25) is 5.02 Å². The van der Waals surface area contributed by atoms with Gasteiger partial charge in [0.25, 0.3) is 0 Å². The van der Waals surface area contributed by atoms with Gasteiger partial charge in [0.2, 0.25) is 11.8 Å². The Morgan fingerprint density at radius 2 is 1.81 bits per heavy atom. The zero-order valence-electron chi connectivity index (χ0n) is 15.4. The quantitative estimate of drug-likeness (QED) is 0.766. The van der Waals surface area contributed by atoms with Crippen LogP contribution >= 0.6 is 11.6 Å². The van der Waals surface area contributed by atoms with Crippen molar-refractivity contribution in [3.8, 4) is 0 Å². The van der Waals surface area contributed by atoms with Gasteiger partial charge in [-0.25, -0.2) is 4.79 Å². The summed E-state index contributed by atoms with van der Waals surface area (Å²) >= 11 is 6.10. The Labute approximate surface area is 163 Å². The van der Waals surface area contributed by atoms with Crippen LogP contribution < -0.4 is 5.32 Å². The lowest BCUT2D eigenvalue weighted by Gasteiger charge is -2.28. The molecule has 2 amide bonds. The standard InChI is InChI=1S/C20H21ClN2O4/c1-13(15-7-5-4-6-8-15)23(14(2)24)12-19(25)22-18-11-16(20(26)27-3)9-10-17(18)21/h4-11,13H,12H2,1-3H3,(H,22,25). The first-order valence-corrected chi connectivity index (χ1v) is 8.71. The molecule has 0 aliphatic rings. The lowest BCUT2D eigenvalue weighted by atomic mass is 10.1. The predicted molar refractivity (Wildman–Crippen MR) is 104 cm³/mol. The Hall–Kier alpha value is -2.86. The van der Waals surface area contributed by atoms with Gasteiger partial charge < -0.3 is 15.0 Å². The number of halogens is 1. The Morgan fingerprint density at radius 3 is 2.41 bits per heavy atom. The van der Waals surface area contributed by atoms with Gasteiger partial charge in [-0.2, -0.15) is 0 Å². The molecule has 0 radical (unpaired) electrons. The van der Waals surface area contributed by atoms with Crippen molar-refractivity contribution in [3.63, 3.8) is 0 Å². The highest BCUT2D eigenvalue weighted by atomic mass is 35.5. The van der Waals surface area contributed by atoms with Gasteiger partial charge in [-0.1, -0.05) is 41.9 Å². The smallest absolute Gasteiger partial charge is 0.337 e. The molecule has 7 heteroatoms. The molecule has 2 aromatic carbocycles. The number of esters is 1. The Bertz CT molecular complexity index is 839. The van der Waals surface area contributed by atoms with Gasteiger partial charge in [0.05, 0.1) is 29.4 Å². The monoisotopic (exact) mass is 388 g/mol. The maximum absolute atomic E-state index is 12.5. The molecule has 0 fully saturated rings. The van der Waals surface area contributed by atoms with Crippen molar-refractivity contribution in [3.05, 3.63) is 64.7 Å². The van der Waals surface area contributed by atoms with Gasteiger partial charge in [0, 0.05) is 6.92 Å². The number of anilines is 1. The molecular formula is C20H21ClN2O4. The third-order valence-corrected chi connectivity index (χ3v) is 4.46. The van der Waals surface area contributed by atoms with E-state index in [0.717, 1.165) is 5.56 Å². The molecule has 2 rings (SSSR count). The van der Waals surface area contributed by atoms with Crippen molar-refractivity contribution in [1.29, 1.82) is 0 Å². The van der Waals surface area contributed by atoms with E-state index >= 15 is 0 Å². The number of hydrogen-bond donors (Lipinski definition) is 1. The van der Waals surface area contributed by atoms with E-state index in [-0.39, 0.29) is 34.8 Å². The topological polar surface area (TPSA) is 75.7 Å². The van der Waals surface area contributed by atoms with E-state index in [4.69, 9.17) is 11.6 Å². The van der Waals surface area contributed by atoms with E-state index in [1.165, 1.54) is 37.1 Å². The molecule has 0 aliphatic heterocycles. The highest BCUT2D eigenvalue weighted by Crippen LogP contribution is 2.24. The molecule has 0 bridgehead atoms. The zero-order chi connectivity index (χ0) is 20.0. The summed E-state index contributed by atoms with van der Waals surface area (Å²) in [6.45, 7) is 3.12. The molecule has 0 spiro atoms. The number of hydrogen-bond acceptors (Lipinski definition) is 4. The van der Waals surface area contributed by atoms with Crippen molar-refractivity contribution in [1.82, 2.24) is 4.90 Å². The molecule has 1 atom stereocenters. The van der Waals surface area contributed by atoms with Crippen LogP contribution in [0.15, 0.2) is 48.5 Å². The second-order valence-electron chi connectivity index (χ2n) is 5.97. The summed E-state index contributed by atoms with van der Waals surface area (Å²) in [4.78, 5) is 37.6. The molecule has 142 valence electrons. The van der Waals surface area contributed by atoms with E-state index < -0.39 is 11.9 Å². The second-order valence-corrected chi connectivity index (χ2v) is 6.38. The number of carbonyl (C=O) groups excluding carboxylic acids is 3. The predicted octanol–water partition coefficient (Wildman–Crippen LogP) is 3.67. The van der Waals surface area contributed by atoms with Crippen LogP contribution in [0.5, 0.6) is 0 Å².